The van der Waals surface area contributed by atoms with Crippen molar-refractivity contribution in [1.29, 1.82) is 0 Å². The van der Waals surface area contributed by atoms with Crippen molar-refractivity contribution in [2.45, 2.75) is 20.5 Å². The van der Waals surface area contributed by atoms with E-state index in [4.69, 9.17) is 9.47 Å². The van der Waals surface area contributed by atoms with Crippen LogP contribution in [0, 0.1) is 6.92 Å². The summed E-state index contributed by atoms with van der Waals surface area (Å²) in [6.45, 7) is 3.42. The van der Waals surface area contributed by atoms with Gasteiger partial charge < -0.3 is 14.8 Å². The Bertz CT molecular complexity index is 1410. The minimum absolute atomic E-state index is 0.147. The highest BCUT2D eigenvalue weighted by Crippen LogP contribution is 2.26. The van der Waals surface area contributed by atoms with Crippen LogP contribution in [0.3, 0.4) is 0 Å². The number of urea groups is 1. The maximum atomic E-state index is 13.2. The number of aryl methyl sites for hydroxylation is 1. The number of hydrogen-bond donors (Lipinski definition) is 2. The normalized spacial score (nSPS) is 14.4. The Morgan fingerprint density at radius 2 is 1.78 bits per heavy atom. The van der Waals surface area contributed by atoms with Crippen LogP contribution in [-0.2, 0) is 21.0 Å². The second kappa shape index (κ2) is 10.8. The van der Waals surface area contributed by atoms with E-state index < -0.39 is 17.8 Å². The standard InChI is InChI=1S/C28H25N3O6/c1-17-5-4-6-22(13-17)31-27(34)24(26(33)30-28(31)35)15-19-7-12-25(36-3)20(14-19)16-37-23-10-8-21(9-11-23)29-18(2)32/h4-15H,16H2,1-3H3,(H,29,32)(H,30,33,35)/b24-15-. The molecular formula is C28H25N3O6. The molecule has 5 amide bonds. The molecule has 9 nitrogen and oxygen atoms in total. The fraction of sp³-hybridized carbons (Fsp3) is 0.143. The van der Waals surface area contributed by atoms with Gasteiger partial charge in [-0.2, -0.15) is 0 Å². The van der Waals surface area contributed by atoms with E-state index in [-0.39, 0.29) is 18.1 Å². The van der Waals surface area contributed by atoms with Crippen molar-refractivity contribution in [3.05, 3.63) is 89.0 Å². The molecule has 0 radical (unpaired) electrons. The molecule has 4 rings (SSSR count). The number of imide groups is 2. The molecule has 1 heterocycles. The van der Waals surface area contributed by atoms with Crippen molar-refractivity contribution < 1.29 is 28.7 Å². The molecule has 3 aromatic carbocycles. The lowest BCUT2D eigenvalue weighted by Gasteiger charge is -2.26. The Labute approximate surface area is 213 Å². The molecule has 1 aliphatic heterocycles. The van der Waals surface area contributed by atoms with Gasteiger partial charge in [0.2, 0.25) is 5.91 Å². The third-order valence-electron chi connectivity index (χ3n) is 5.55. The number of carbonyl (C=O) groups is 4. The van der Waals surface area contributed by atoms with Crippen molar-refractivity contribution in [3.8, 4) is 11.5 Å². The number of carbonyl (C=O) groups excluding carboxylic acids is 4. The van der Waals surface area contributed by atoms with Crippen molar-refractivity contribution >= 4 is 41.2 Å². The fourth-order valence-electron chi connectivity index (χ4n) is 3.83. The molecule has 0 unspecified atom stereocenters. The Morgan fingerprint density at radius 3 is 2.46 bits per heavy atom. The maximum Gasteiger partial charge on any atom is 0.335 e. The number of hydrogen-bond acceptors (Lipinski definition) is 6. The summed E-state index contributed by atoms with van der Waals surface area (Å²) in [5.74, 6) is -0.512. The molecule has 9 heteroatoms. The average Bonchev–Trinajstić information content (AvgIpc) is 2.86. The van der Waals surface area contributed by atoms with Gasteiger partial charge in [-0.25, -0.2) is 9.69 Å². The average molecular weight is 500 g/mol. The second-order valence-corrected chi connectivity index (χ2v) is 8.36. The summed E-state index contributed by atoms with van der Waals surface area (Å²) in [4.78, 5) is 50.3. The van der Waals surface area contributed by atoms with Crippen molar-refractivity contribution in [2.24, 2.45) is 0 Å². The first kappa shape index (κ1) is 25.2. The smallest absolute Gasteiger partial charge is 0.335 e. The van der Waals surface area contributed by atoms with Crippen molar-refractivity contribution in [3.63, 3.8) is 0 Å². The molecule has 0 aromatic heterocycles. The third-order valence-corrected chi connectivity index (χ3v) is 5.55. The van der Waals surface area contributed by atoms with Gasteiger partial charge >= 0.3 is 6.03 Å². The summed E-state index contributed by atoms with van der Waals surface area (Å²) in [5, 5.41) is 4.92. The first-order valence-electron chi connectivity index (χ1n) is 11.4. The Kier molecular flexibility index (Phi) is 7.34. The second-order valence-electron chi connectivity index (χ2n) is 8.36. The number of amides is 5. The van der Waals surface area contributed by atoms with E-state index in [0.29, 0.717) is 34.0 Å². The van der Waals surface area contributed by atoms with Crippen LogP contribution in [0.15, 0.2) is 72.3 Å². The Morgan fingerprint density at radius 1 is 1.03 bits per heavy atom. The molecule has 0 bridgehead atoms. The monoisotopic (exact) mass is 499 g/mol. The van der Waals surface area contributed by atoms with Crippen LogP contribution in [0.1, 0.15) is 23.6 Å². The summed E-state index contributed by atoms with van der Waals surface area (Å²) in [7, 11) is 1.53. The van der Waals surface area contributed by atoms with Gasteiger partial charge in [0.25, 0.3) is 11.8 Å². The van der Waals surface area contributed by atoms with Crippen LogP contribution < -0.4 is 25.0 Å². The molecule has 0 saturated carbocycles. The topological polar surface area (TPSA) is 114 Å². The molecule has 0 aliphatic carbocycles. The lowest BCUT2D eigenvalue weighted by Crippen LogP contribution is -2.54. The summed E-state index contributed by atoms with van der Waals surface area (Å²) in [5.41, 5.74) is 2.95. The van der Waals surface area contributed by atoms with Crippen LogP contribution in [0.25, 0.3) is 6.08 Å². The van der Waals surface area contributed by atoms with Crippen LogP contribution in [0.4, 0.5) is 16.2 Å². The number of rotatable bonds is 7. The van der Waals surface area contributed by atoms with Gasteiger partial charge in [-0.1, -0.05) is 18.2 Å². The molecule has 3 aromatic rings. The van der Waals surface area contributed by atoms with Gasteiger partial charge in [0, 0.05) is 18.2 Å². The highest BCUT2D eigenvalue weighted by Gasteiger charge is 2.36. The number of ether oxygens (including phenoxy) is 2. The predicted octanol–water partition coefficient (Wildman–Crippen LogP) is 4.21. The maximum absolute atomic E-state index is 13.2. The van der Waals surface area contributed by atoms with Gasteiger partial charge in [0.05, 0.1) is 12.8 Å². The molecule has 37 heavy (non-hydrogen) atoms. The van der Waals surface area contributed by atoms with Gasteiger partial charge in [0.15, 0.2) is 0 Å². The van der Waals surface area contributed by atoms with E-state index in [0.717, 1.165) is 10.5 Å². The lowest BCUT2D eigenvalue weighted by atomic mass is 10.0. The van der Waals surface area contributed by atoms with E-state index in [1.807, 2.05) is 13.0 Å². The number of nitrogens with zero attached hydrogens (tertiary/aromatic N) is 1. The zero-order valence-corrected chi connectivity index (χ0v) is 20.5. The van der Waals surface area contributed by atoms with Crippen molar-refractivity contribution in [1.82, 2.24) is 5.32 Å². The van der Waals surface area contributed by atoms with E-state index in [1.54, 1.807) is 60.7 Å². The minimum atomic E-state index is -0.800. The summed E-state index contributed by atoms with van der Waals surface area (Å²) < 4.78 is 11.3. The van der Waals surface area contributed by atoms with Gasteiger partial charge in [-0.15, -0.1) is 0 Å². The summed E-state index contributed by atoms with van der Waals surface area (Å²) in [6, 6.07) is 18.1. The Balaban J connectivity index is 1.57. The number of barbiturate groups is 1. The van der Waals surface area contributed by atoms with Crippen LogP contribution >= 0.6 is 0 Å². The molecule has 2 N–H and O–H groups in total. The minimum Gasteiger partial charge on any atom is -0.496 e. The SMILES string of the molecule is COc1ccc(/C=C2/C(=O)NC(=O)N(c3cccc(C)c3)C2=O)cc1COc1ccc(NC(C)=O)cc1. The molecule has 1 aliphatic rings. The zero-order chi connectivity index (χ0) is 26.5. The Hall–Kier alpha value is -4.92. The molecule has 188 valence electrons. The van der Waals surface area contributed by atoms with E-state index in [9.17, 15) is 19.2 Å². The highest BCUT2D eigenvalue weighted by molar-refractivity contribution is 6.39. The van der Waals surface area contributed by atoms with E-state index in [1.165, 1.54) is 20.1 Å². The van der Waals surface area contributed by atoms with Crippen LogP contribution in [0.5, 0.6) is 11.5 Å². The molecular weight excluding hydrogens is 474 g/mol. The molecule has 0 atom stereocenters. The van der Waals surface area contributed by atoms with Gasteiger partial charge in [-0.05, 0) is 72.7 Å². The quantitative estimate of drug-likeness (QED) is 0.372. The fourth-order valence-corrected chi connectivity index (χ4v) is 3.83. The number of nitrogens with one attached hydrogen (secondary N) is 2. The molecule has 0 spiro atoms. The first-order chi connectivity index (χ1) is 17.7. The lowest BCUT2D eigenvalue weighted by molar-refractivity contribution is -0.122. The highest BCUT2D eigenvalue weighted by atomic mass is 16.5. The largest absolute Gasteiger partial charge is 0.496 e. The van der Waals surface area contributed by atoms with E-state index in [2.05, 4.69) is 10.6 Å². The summed E-state index contributed by atoms with van der Waals surface area (Å²) in [6.07, 6.45) is 1.43. The number of methoxy groups -OCH3 is 1. The summed E-state index contributed by atoms with van der Waals surface area (Å²) >= 11 is 0. The van der Waals surface area contributed by atoms with Gasteiger partial charge in [0.1, 0.15) is 23.7 Å². The zero-order valence-electron chi connectivity index (χ0n) is 20.5. The van der Waals surface area contributed by atoms with Gasteiger partial charge in [-0.3, -0.25) is 19.7 Å². The number of benzene rings is 3. The van der Waals surface area contributed by atoms with Crippen molar-refractivity contribution in [2.75, 3.05) is 17.3 Å². The van der Waals surface area contributed by atoms with Crippen LogP contribution in [0.2, 0.25) is 0 Å². The number of anilines is 2. The molecule has 1 saturated heterocycles. The third kappa shape index (κ3) is 5.84. The predicted molar refractivity (Wildman–Crippen MR) is 138 cm³/mol. The van der Waals surface area contributed by atoms with Crippen LogP contribution in [-0.4, -0.2) is 30.9 Å². The van der Waals surface area contributed by atoms with E-state index >= 15 is 0 Å². The first-order valence-corrected chi connectivity index (χ1v) is 11.4. The molecule has 1 fully saturated rings.